The molecular formula is C21H21FN6O3. The fourth-order valence-corrected chi connectivity index (χ4v) is 4.21. The van der Waals surface area contributed by atoms with Crippen molar-refractivity contribution in [1.29, 1.82) is 0 Å². The molecular weight excluding hydrogens is 403 g/mol. The van der Waals surface area contributed by atoms with Crippen LogP contribution in [0.1, 0.15) is 24.4 Å². The molecule has 0 amide bonds. The Labute approximate surface area is 176 Å². The van der Waals surface area contributed by atoms with Gasteiger partial charge >= 0.3 is 11.1 Å². The Morgan fingerprint density at radius 1 is 1.06 bits per heavy atom. The van der Waals surface area contributed by atoms with Crippen LogP contribution >= 0.6 is 0 Å². The van der Waals surface area contributed by atoms with Gasteiger partial charge in [0.1, 0.15) is 5.82 Å². The molecule has 0 N–H and O–H groups in total. The Morgan fingerprint density at radius 2 is 1.81 bits per heavy atom. The van der Waals surface area contributed by atoms with Crippen LogP contribution in [-0.2, 0) is 11.8 Å². The molecule has 0 aromatic carbocycles. The first-order valence-electron chi connectivity index (χ1n) is 10.1. The lowest BCUT2D eigenvalue weighted by Gasteiger charge is -2.33. The van der Waals surface area contributed by atoms with Crippen molar-refractivity contribution in [2.24, 2.45) is 7.05 Å². The second-order valence-electron chi connectivity index (χ2n) is 7.77. The Kier molecular flexibility index (Phi) is 4.85. The van der Waals surface area contributed by atoms with Gasteiger partial charge in [-0.25, -0.2) is 19.3 Å². The average molecular weight is 424 g/mol. The zero-order valence-electron chi connectivity index (χ0n) is 17.0. The standard InChI is InChI=1S/C21H21FN6O3/c1-26-17-8-15(22)11-23-18(17)28(20(30)19(26)29)16-2-5-27(6-3-16)21-24-9-14(10-25-21)13-4-7-31-12-13/h4,8-11,16H,2-3,5-7,12H2,1H3. The van der Waals surface area contributed by atoms with E-state index < -0.39 is 16.9 Å². The largest absolute Gasteiger partial charge is 0.373 e. The summed E-state index contributed by atoms with van der Waals surface area (Å²) < 4.78 is 21.6. The molecule has 0 aliphatic carbocycles. The number of fused-ring (bicyclic) bond motifs is 1. The van der Waals surface area contributed by atoms with Crippen LogP contribution in [0.3, 0.4) is 0 Å². The number of piperidine rings is 1. The molecule has 5 heterocycles. The zero-order chi connectivity index (χ0) is 21.5. The fraction of sp³-hybridized carbons (Fsp3) is 0.381. The number of hydrogen-bond donors (Lipinski definition) is 0. The lowest BCUT2D eigenvalue weighted by Crippen LogP contribution is -2.45. The SMILES string of the molecule is Cn1c(=O)c(=O)n(C2CCN(c3ncc(C4=CCOC4)cn3)CC2)c2ncc(F)cc21. The van der Waals surface area contributed by atoms with Gasteiger partial charge in [-0.1, -0.05) is 6.08 Å². The summed E-state index contributed by atoms with van der Waals surface area (Å²) in [6.07, 6.45) is 7.92. The highest BCUT2D eigenvalue weighted by molar-refractivity contribution is 5.70. The third kappa shape index (κ3) is 3.42. The maximum absolute atomic E-state index is 13.7. The Bertz CT molecular complexity index is 1290. The number of ether oxygens (including phenoxy) is 1. The van der Waals surface area contributed by atoms with Crippen LogP contribution in [0.15, 0.2) is 40.3 Å². The van der Waals surface area contributed by atoms with Crippen LogP contribution in [0.2, 0.25) is 0 Å². The van der Waals surface area contributed by atoms with Crippen LogP contribution in [-0.4, -0.2) is 50.4 Å². The molecule has 3 aromatic heterocycles. The van der Waals surface area contributed by atoms with Gasteiger partial charge in [-0.3, -0.25) is 14.2 Å². The van der Waals surface area contributed by atoms with Crippen molar-refractivity contribution in [3.8, 4) is 0 Å². The van der Waals surface area contributed by atoms with Crippen LogP contribution < -0.4 is 16.0 Å². The zero-order valence-corrected chi connectivity index (χ0v) is 17.0. The van der Waals surface area contributed by atoms with Gasteiger partial charge in [0.2, 0.25) is 5.95 Å². The van der Waals surface area contributed by atoms with Crippen molar-refractivity contribution in [2.75, 3.05) is 31.2 Å². The molecule has 2 aliphatic rings. The predicted octanol–water partition coefficient (Wildman–Crippen LogP) is 1.28. The number of aryl methyl sites for hydroxylation is 1. The summed E-state index contributed by atoms with van der Waals surface area (Å²) in [5.41, 5.74) is 1.33. The van der Waals surface area contributed by atoms with E-state index in [0.717, 1.165) is 21.9 Å². The van der Waals surface area contributed by atoms with E-state index in [0.29, 0.717) is 56.3 Å². The number of aromatic nitrogens is 5. The van der Waals surface area contributed by atoms with Crippen LogP contribution in [0.4, 0.5) is 10.3 Å². The number of halogens is 1. The van der Waals surface area contributed by atoms with E-state index in [2.05, 4.69) is 19.9 Å². The molecule has 10 heteroatoms. The maximum Gasteiger partial charge on any atom is 0.318 e. The predicted molar refractivity (Wildman–Crippen MR) is 113 cm³/mol. The van der Waals surface area contributed by atoms with Crippen molar-refractivity contribution >= 4 is 22.7 Å². The summed E-state index contributed by atoms with van der Waals surface area (Å²) in [4.78, 5) is 40.3. The van der Waals surface area contributed by atoms with Gasteiger partial charge < -0.3 is 14.2 Å². The van der Waals surface area contributed by atoms with E-state index in [9.17, 15) is 14.0 Å². The summed E-state index contributed by atoms with van der Waals surface area (Å²) in [6, 6.07) is 1.02. The van der Waals surface area contributed by atoms with Gasteiger partial charge in [0.05, 0.1) is 24.9 Å². The molecule has 2 aliphatic heterocycles. The van der Waals surface area contributed by atoms with E-state index in [1.165, 1.54) is 17.7 Å². The highest BCUT2D eigenvalue weighted by Crippen LogP contribution is 2.26. The first kappa shape index (κ1) is 19.6. The summed E-state index contributed by atoms with van der Waals surface area (Å²) in [7, 11) is 1.45. The first-order chi connectivity index (χ1) is 15.0. The van der Waals surface area contributed by atoms with E-state index in [-0.39, 0.29) is 6.04 Å². The minimum atomic E-state index is -0.688. The van der Waals surface area contributed by atoms with Gasteiger partial charge in [-0.2, -0.15) is 0 Å². The maximum atomic E-state index is 13.7. The number of anilines is 1. The van der Waals surface area contributed by atoms with Crippen molar-refractivity contribution < 1.29 is 9.13 Å². The van der Waals surface area contributed by atoms with Crippen LogP contribution in [0.25, 0.3) is 16.7 Å². The van der Waals surface area contributed by atoms with E-state index in [4.69, 9.17) is 4.74 Å². The molecule has 3 aromatic rings. The summed E-state index contributed by atoms with van der Waals surface area (Å²) in [5.74, 6) is 0.0751. The molecule has 0 spiro atoms. The lowest BCUT2D eigenvalue weighted by atomic mass is 10.0. The first-order valence-corrected chi connectivity index (χ1v) is 10.1. The van der Waals surface area contributed by atoms with E-state index >= 15 is 0 Å². The van der Waals surface area contributed by atoms with Gasteiger partial charge in [-0.05, 0) is 18.4 Å². The van der Waals surface area contributed by atoms with Crippen LogP contribution in [0.5, 0.6) is 0 Å². The summed E-state index contributed by atoms with van der Waals surface area (Å²) in [5, 5.41) is 0. The van der Waals surface area contributed by atoms with Crippen LogP contribution in [0, 0.1) is 5.82 Å². The van der Waals surface area contributed by atoms with Crippen molar-refractivity contribution in [3.05, 3.63) is 62.8 Å². The van der Waals surface area contributed by atoms with Crippen molar-refractivity contribution in [3.63, 3.8) is 0 Å². The number of rotatable bonds is 3. The highest BCUT2D eigenvalue weighted by atomic mass is 19.1. The number of hydrogen-bond acceptors (Lipinski definition) is 7. The molecule has 1 saturated heterocycles. The van der Waals surface area contributed by atoms with E-state index in [1.54, 1.807) is 12.4 Å². The minimum Gasteiger partial charge on any atom is -0.373 e. The van der Waals surface area contributed by atoms with Gasteiger partial charge in [0.25, 0.3) is 0 Å². The van der Waals surface area contributed by atoms with Crippen molar-refractivity contribution in [2.45, 2.75) is 18.9 Å². The third-order valence-electron chi connectivity index (χ3n) is 5.94. The minimum absolute atomic E-state index is 0.210. The molecule has 0 saturated carbocycles. The molecule has 0 unspecified atom stereocenters. The number of nitrogens with zero attached hydrogens (tertiary/aromatic N) is 6. The quantitative estimate of drug-likeness (QED) is 0.585. The molecule has 9 nitrogen and oxygen atoms in total. The summed E-state index contributed by atoms with van der Waals surface area (Å²) >= 11 is 0. The van der Waals surface area contributed by atoms with Gasteiger partial charge in [0.15, 0.2) is 5.65 Å². The number of pyridine rings is 1. The Morgan fingerprint density at radius 3 is 2.48 bits per heavy atom. The Hall–Kier alpha value is -3.40. The van der Waals surface area contributed by atoms with Crippen molar-refractivity contribution in [1.82, 2.24) is 24.1 Å². The molecule has 5 rings (SSSR count). The third-order valence-corrected chi connectivity index (χ3v) is 5.94. The Balaban J connectivity index is 1.39. The molecule has 0 bridgehead atoms. The smallest absolute Gasteiger partial charge is 0.318 e. The summed E-state index contributed by atoms with van der Waals surface area (Å²) in [6.45, 7) is 2.44. The monoisotopic (exact) mass is 424 g/mol. The van der Waals surface area contributed by atoms with Gasteiger partial charge in [-0.15, -0.1) is 0 Å². The van der Waals surface area contributed by atoms with E-state index in [1.807, 2.05) is 6.08 Å². The molecule has 0 radical (unpaired) electrons. The molecule has 160 valence electrons. The average Bonchev–Trinajstić information content (AvgIpc) is 3.34. The molecule has 1 fully saturated rings. The lowest BCUT2D eigenvalue weighted by molar-refractivity contribution is 0.216. The highest BCUT2D eigenvalue weighted by Gasteiger charge is 2.26. The van der Waals surface area contributed by atoms with Gasteiger partial charge in [0, 0.05) is 50.2 Å². The fourth-order valence-electron chi connectivity index (χ4n) is 4.21. The molecule has 31 heavy (non-hydrogen) atoms. The second-order valence-corrected chi connectivity index (χ2v) is 7.77. The topological polar surface area (TPSA) is 95.1 Å². The molecule has 0 atom stereocenters. The normalized spacial score (nSPS) is 17.4. The second kappa shape index (κ2) is 7.69.